The number of benzene rings is 1. The number of hydrogen-bond acceptors (Lipinski definition) is 3. The molecule has 3 nitrogen and oxygen atoms in total. The first-order valence-corrected chi connectivity index (χ1v) is 8.04. The molecule has 0 aromatic heterocycles. The van der Waals surface area contributed by atoms with E-state index in [1.54, 1.807) is 0 Å². The standard InChI is InChI=1S/C17H26N2O/c18-19-16(14-7-2-1-3-8-14)12-17-15-9-5-4-6-13(15)10-11-20-17/h4-6,9,14,16-17,19H,1-3,7-8,10-12,18H2. The predicted molar refractivity (Wildman–Crippen MR) is 81.1 cm³/mol. The highest BCUT2D eigenvalue weighted by Gasteiger charge is 2.28. The molecule has 0 spiro atoms. The van der Waals surface area contributed by atoms with E-state index in [0.29, 0.717) is 12.0 Å². The molecule has 3 rings (SSSR count). The molecule has 1 aromatic rings. The van der Waals surface area contributed by atoms with Crippen LogP contribution in [0.15, 0.2) is 24.3 Å². The summed E-state index contributed by atoms with van der Waals surface area (Å²) in [5.74, 6) is 6.55. The van der Waals surface area contributed by atoms with Crippen molar-refractivity contribution in [2.75, 3.05) is 6.61 Å². The maximum Gasteiger partial charge on any atom is 0.0843 e. The average Bonchev–Trinajstić information content (AvgIpc) is 2.53. The van der Waals surface area contributed by atoms with Gasteiger partial charge in [-0.05, 0) is 42.7 Å². The summed E-state index contributed by atoms with van der Waals surface area (Å²) in [4.78, 5) is 0. The first kappa shape index (κ1) is 14.1. The van der Waals surface area contributed by atoms with E-state index in [0.717, 1.165) is 19.4 Å². The van der Waals surface area contributed by atoms with Gasteiger partial charge >= 0.3 is 0 Å². The SMILES string of the molecule is NNC(CC1OCCc2ccccc21)C1CCCCC1. The van der Waals surface area contributed by atoms with Crippen molar-refractivity contribution < 1.29 is 4.74 Å². The van der Waals surface area contributed by atoms with Gasteiger partial charge in [-0.2, -0.15) is 0 Å². The summed E-state index contributed by atoms with van der Waals surface area (Å²) in [5, 5.41) is 0. The minimum absolute atomic E-state index is 0.211. The molecule has 2 aliphatic rings. The molecule has 1 aliphatic carbocycles. The van der Waals surface area contributed by atoms with Gasteiger partial charge in [-0.1, -0.05) is 43.5 Å². The van der Waals surface area contributed by atoms with Gasteiger partial charge in [0, 0.05) is 6.04 Å². The third kappa shape index (κ3) is 3.05. The molecule has 1 aromatic carbocycles. The highest BCUT2D eigenvalue weighted by Crippen LogP contribution is 2.35. The molecule has 1 heterocycles. The topological polar surface area (TPSA) is 47.3 Å². The van der Waals surface area contributed by atoms with Gasteiger partial charge in [-0.15, -0.1) is 0 Å². The normalized spacial score (nSPS) is 25.1. The van der Waals surface area contributed by atoms with Crippen molar-refractivity contribution in [3.63, 3.8) is 0 Å². The van der Waals surface area contributed by atoms with Crippen molar-refractivity contribution in [2.24, 2.45) is 11.8 Å². The fourth-order valence-electron chi connectivity index (χ4n) is 3.84. The van der Waals surface area contributed by atoms with Gasteiger partial charge in [0.1, 0.15) is 0 Å². The summed E-state index contributed by atoms with van der Waals surface area (Å²) in [7, 11) is 0. The third-order valence-electron chi connectivity index (χ3n) is 4.99. The lowest BCUT2D eigenvalue weighted by atomic mass is 9.81. The zero-order valence-corrected chi connectivity index (χ0v) is 12.2. The van der Waals surface area contributed by atoms with E-state index in [9.17, 15) is 0 Å². The number of ether oxygens (including phenoxy) is 1. The largest absolute Gasteiger partial charge is 0.373 e. The zero-order valence-electron chi connectivity index (χ0n) is 12.2. The summed E-state index contributed by atoms with van der Waals surface area (Å²) < 4.78 is 6.03. The molecule has 3 N–H and O–H groups in total. The van der Waals surface area contributed by atoms with Crippen LogP contribution in [0.5, 0.6) is 0 Å². The molecule has 3 heteroatoms. The van der Waals surface area contributed by atoms with E-state index in [1.807, 2.05) is 0 Å². The van der Waals surface area contributed by atoms with Gasteiger partial charge in [0.25, 0.3) is 0 Å². The monoisotopic (exact) mass is 274 g/mol. The van der Waals surface area contributed by atoms with Crippen LogP contribution in [0.1, 0.15) is 55.8 Å². The molecule has 2 atom stereocenters. The first-order valence-electron chi connectivity index (χ1n) is 8.04. The van der Waals surface area contributed by atoms with Crippen molar-refractivity contribution in [2.45, 2.75) is 57.1 Å². The van der Waals surface area contributed by atoms with Crippen LogP contribution in [0.25, 0.3) is 0 Å². The van der Waals surface area contributed by atoms with E-state index in [-0.39, 0.29) is 6.10 Å². The molecule has 0 bridgehead atoms. The fourth-order valence-corrected chi connectivity index (χ4v) is 3.84. The highest BCUT2D eigenvalue weighted by molar-refractivity contribution is 5.31. The number of nitrogens with one attached hydrogen (secondary N) is 1. The molecule has 2 unspecified atom stereocenters. The molecule has 0 amide bonds. The molecule has 20 heavy (non-hydrogen) atoms. The van der Waals surface area contributed by atoms with Crippen LogP contribution in [0, 0.1) is 5.92 Å². The van der Waals surface area contributed by atoms with Crippen LogP contribution in [-0.2, 0) is 11.2 Å². The van der Waals surface area contributed by atoms with Crippen molar-refractivity contribution >= 4 is 0 Å². The Balaban J connectivity index is 1.70. The van der Waals surface area contributed by atoms with Gasteiger partial charge in [0.2, 0.25) is 0 Å². The van der Waals surface area contributed by atoms with E-state index >= 15 is 0 Å². The summed E-state index contributed by atoms with van der Waals surface area (Å²) in [5.41, 5.74) is 5.89. The molecule has 1 saturated carbocycles. The van der Waals surface area contributed by atoms with E-state index < -0.39 is 0 Å². The van der Waals surface area contributed by atoms with Crippen molar-refractivity contribution in [3.8, 4) is 0 Å². The Morgan fingerprint density at radius 2 is 2.00 bits per heavy atom. The summed E-state index contributed by atoms with van der Waals surface area (Å²) in [6, 6.07) is 9.07. The summed E-state index contributed by atoms with van der Waals surface area (Å²) >= 11 is 0. The number of nitrogens with two attached hydrogens (primary N) is 1. The van der Waals surface area contributed by atoms with Crippen molar-refractivity contribution in [1.29, 1.82) is 0 Å². The first-order chi connectivity index (χ1) is 9.88. The third-order valence-corrected chi connectivity index (χ3v) is 4.99. The van der Waals surface area contributed by atoms with Crippen LogP contribution in [0.2, 0.25) is 0 Å². The predicted octanol–water partition coefficient (Wildman–Crippen LogP) is 3.10. The van der Waals surface area contributed by atoms with Crippen LogP contribution in [0.4, 0.5) is 0 Å². The van der Waals surface area contributed by atoms with Gasteiger partial charge in [0.15, 0.2) is 0 Å². The van der Waals surface area contributed by atoms with Crippen LogP contribution < -0.4 is 11.3 Å². The van der Waals surface area contributed by atoms with Gasteiger partial charge in [-0.25, -0.2) is 0 Å². The minimum Gasteiger partial charge on any atom is -0.373 e. The number of fused-ring (bicyclic) bond motifs is 1. The van der Waals surface area contributed by atoms with E-state index in [2.05, 4.69) is 29.7 Å². The van der Waals surface area contributed by atoms with Crippen LogP contribution in [0.3, 0.4) is 0 Å². The summed E-state index contributed by atoms with van der Waals surface area (Å²) in [6.07, 6.45) is 8.96. The van der Waals surface area contributed by atoms with Gasteiger partial charge < -0.3 is 4.74 Å². The second-order valence-electron chi connectivity index (χ2n) is 6.22. The lowest BCUT2D eigenvalue weighted by molar-refractivity contribution is 0.0223. The van der Waals surface area contributed by atoms with E-state index in [1.165, 1.54) is 43.2 Å². The lowest BCUT2D eigenvalue weighted by Crippen LogP contribution is -2.43. The second-order valence-corrected chi connectivity index (χ2v) is 6.22. The Morgan fingerprint density at radius 1 is 1.20 bits per heavy atom. The Labute approximate surface area is 121 Å². The van der Waals surface area contributed by atoms with Gasteiger partial charge in [0.05, 0.1) is 12.7 Å². The Hall–Kier alpha value is -0.900. The molecule has 110 valence electrons. The second kappa shape index (κ2) is 6.70. The van der Waals surface area contributed by atoms with Crippen LogP contribution in [-0.4, -0.2) is 12.6 Å². The van der Waals surface area contributed by atoms with Gasteiger partial charge in [-0.3, -0.25) is 11.3 Å². The Bertz CT molecular complexity index is 429. The van der Waals surface area contributed by atoms with Crippen molar-refractivity contribution in [3.05, 3.63) is 35.4 Å². The molecule has 1 aliphatic heterocycles. The van der Waals surface area contributed by atoms with E-state index in [4.69, 9.17) is 10.6 Å². The molecule has 0 saturated heterocycles. The smallest absolute Gasteiger partial charge is 0.0843 e. The average molecular weight is 274 g/mol. The Morgan fingerprint density at radius 3 is 2.80 bits per heavy atom. The number of hydrogen-bond donors (Lipinski definition) is 2. The minimum atomic E-state index is 0.211. The molecular formula is C17H26N2O. The zero-order chi connectivity index (χ0) is 13.8. The number of hydrazine groups is 1. The van der Waals surface area contributed by atoms with Crippen LogP contribution >= 0.6 is 0 Å². The highest BCUT2D eigenvalue weighted by atomic mass is 16.5. The lowest BCUT2D eigenvalue weighted by Gasteiger charge is -2.34. The maximum absolute atomic E-state index is 6.03. The number of rotatable bonds is 4. The summed E-state index contributed by atoms with van der Waals surface area (Å²) in [6.45, 7) is 0.837. The van der Waals surface area contributed by atoms with Crippen molar-refractivity contribution in [1.82, 2.24) is 5.43 Å². The molecule has 0 radical (unpaired) electrons. The molecule has 1 fully saturated rings. The molecular weight excluding hydrogens is 248 g/mol. The maximum atomic E-state index is 6.03. The quantitative estimate of drug-likeness (QED) is 0.655. The Kier molecular flexibility index (Phi) is 4.71. The fraction of sp³-hybridized carbons (Fsp3) is 0.647.